The van der Waals surface area contributed by atoms with Gasteiger partial charge in [0.25, 0.3) is 5.69 Å². The van der Waals surface area contributed by atoms with E-state index in [0.717, 1.165) is 44.8 Å². The summed E-state index contributed by atoms with van der Waals surface area (Å²) in [7, 11) is 0. The van der Waals surface area contributed by atoms with E-state index in [1.54, 1.807) is 12.1 Å². The van der Waals surface area contributed by atoms with Crippen molar-refractivity contribution < 1.29 is 9.72 Å². The molecule has 0 aliphatic carbocycles. The molecule has 21 heavy (non-hydrogen) atoms. The third-order valence-electron chi connectivity index (χ3n) is 3.83. The molecule has 114 valence electrons. The predicted octanol–water partition coefficient (Wildman–Crippen LogP) is 2.33. The number of piperazine rings is 1. The SMILES string of the molecule is CCCN1CCN(c2ccc(C(C)=O)c([N+](=O)[O-])c2)CC1. The third-order valence-corrected chi connectivity index (χ3v) is 3.83. The molecule has 1 heterocycles. The molecule has 1 saturated heterocycles. The molecule has 0 spiro atoms. The highest BCUT2D eigenvalue weighted by atomic mass is 16.6. The fourth-order valence-corrected chi connectivity index (χ4v) is 2.71. The topological polar surface area (TPSA) is 66.7 Å². The fourth-order valence-electron chi connectivity index (χ4n) is 2.71. The van der Waals surface area contributed by atoms with Gasteiger partial charge in [-0.25, -0.2) is 0 Å². The number of nitrogens with zero attached hydrogens (tertiary/aromatic N) is 3. The molecule has 0 radical (unpaired) electrons. The number of hydrogen-bond acceptors (Lipinski definition) is 5. The van der Waals surface area contributed by atoms with Crippen LogP contribution in [0.3, 0.4) is 0 Å². The van der Waals surface area contributed by atoms with Crippen LogP contribution in [0.1, 0.15) is 30.6 Å². The average molecular weight is 291 g/mol. The summed E-state index contributed by atoms with van der Waals surface area (Å²) >= 11 is 0. The Balaban J connectivity index is 2.16. The van der Waals surface area contributed by atoms with E-state index in [1.807, 2.05) is 0 Å². The minimum absolute atomic E-state index is 0.101. The van der Waals surface area contributed by atoms with Crippen LogP contribution in [-0.2, 0) is 0 Å². The lowest BCUT2D eigenvalue weighted by Gasteiger charge is -2.35. The molecule has 2 rings (SSSR count). The van der Waals surface area contributed by atoms with Crippen molar-refractivity contribution in [1.29, 1.82) is 0 Å². The van der Waals surface area contributed by atoms with Crippen LogP contribution < -0.4 is 4.90 Å². The highest BCUT2D eigenvalue weighted by molar-refractivity contribution is 5.98. The molecular weight excluding hydrogens is 270 g/mol. The lowest BCUT2D eigenvalue weighted by molar-refractivity contribution is -0.385. The Hall–Kier alpha value is -1.95. The van der Waals surface area contributed by atoms with Crippen molar-refractivity contribution in [3.63, 3.8) is 0 Å². The third kappa shape index (κ3) is 3.58. The first-order chi connectivity index (χ1) is 10.0. The monoisotopic (exact) mass is 291 g/mol. The molecule has 0 saturated carbocycles. The quantitative estimate of drug-likeness (QED) is 0.473. The number of nitro benzene ring substituents is 1. The summed E-state index contributed by atoms with van der Waals surface area (Å²) in [6.45, 7) is 8.26. The van der Waals surface area contributed by atoms with Gasteiger partial charge < -0.3 is 4.90 Å². The van der Waals surface area contributed by atoms with Gasteiger partial charge >= 0.3 is 0 Å². The summed E-state index contributed by atoms with van der Waals surface area (Å²) in [6, 6.07) is 4.89. The van der Waals surface area contributed by atoms with Gasteiger partial charge in [0.2, 0.25) is 0 Å². The van der Waals surface area contributed by atoms with E-state index in [-0.39, 0.29) is 17.0 Å². The maximum atomic E-state index is 11.4. The zero-order valence-electron chi connectivity index (χ0n) is 12.5. The largest absolute Gasteiger partial charge is 0.369 e. The zero-order chi connectivity index (χ0) is 15.4. The molecule has 6 heteroatoms. The highest BCUT2D eigenvalue weighted by Gasteiger charge is 2.22. The molecule has 1 aliphatic rings. The fraction of sp³-hybridized carbons (Fsp3) is 0.533. The molecule has 0 N–H and O–H groups in total. The lowest BCUT2D eigenvalue weighted by atomic mass is 10.1. The van der Waals surface area contributed by atoms with Crippen molar-refractivity contribution in [2.75, 3.05) is 37.6 Å². The molecule has 0 atom stereocenters. The summed E-state index contributed by atoms with van der Waals surface area (Å²) in [4.78, 5) is 26.6. The first kappa shape index (κ1) is 15.4. The Morgan fingerprint density at radius 3 is 2.48 bits per heavy atom. The summed E-state index contributed by atoms with van der Waals surface area (Å²) in [5.41, 5.74) is 0.896. The number of nitro groups is 1. The van der Waals surface area contributed by atoms with Crippen molar-refractivity contribution in [3.05, 3.63) is 33.9 Å². The summed E-state index contributed by atoms with van der Waals surface area (Å²) in [6.07, 6.45) is 1.14. The van der Waals surface area contributed by atoms with Crippen molar-refractivity contribution in [1.82, 2.24) is 4.90 Å². The van der Waals surface area contributed by atoms with Gasteiger partial charge in [0.05, 0.1) is 10.5 Å². The van der Waals surface area contributed by atoms with Gasteiger partial charge in [-0.15, -0.1) is 0 Å². The Labute approximate surface area is 124 Å². The lowest BCUT2D eigenvalue weighted by Crippen LogP contribution is -2.46. The van der Waals surface area contributed by atoms with E-state index >= 15 is 0 Å². The maximum absolute atomic E-state index is 11.4. The van der Waals surface area contributed by atoms with Crippen LogP contribution in [0.5, 0.6) is 0 Å². The molecule has 1 aromatic rings. The molecule has 0 bridgehead atoms. The number of ketones is 1. The first-order valence-corrected chi connectivity index (χ1v) is 7.29. The van der Waals surface area contributed by atoms with Crippen molar-refractivity contribution in [2.45, 2.75) is 20.3 Å². The van der Waals surface area contributed by atoms with Gasteiger partial charge in [-0.1, -0.05) is 6.92 Å². The van der Waals surface area contributed by atoms with Crippen LogP contribution in [0.25, 0.3) is 0 Å². The van der Waals surface area contributed by atoms with Gasteiger partial charge in [0.1, 0.15) is 0 Å². The summed E-state index contributed by atoms with van der Waals surface area (Å²) < 4.78 is 0. The normalized spacial score (nSPS) is 16.0. The van der Waals surface area contributed by atoms with Gasteiger partial charge in [-0.2, -0.15) is 0 Å². The van der Waals surface area contributed by atoms with E-state index in [9.17, 15) is 14.9 Å². The zero-order valence-corrected chi connectivity index (χ0v) is 12.5. The number of benzene rings is 1. The molecule has 6 nitrogen and oxygen atoms in total. The molecule has 0 unspecified atom stereocenters. The van der Waals surface area contributed by atoms with E-state index in [4.69, 9.17) is 0 Å². The Morgan fingerprint density at radius 2 is 1.95 bits per heavy atom. The van der Waals surface area contributed by atoms with E-state index in [1.165, 1.54) is 13.0 Å². The summed E-state index contributed by atoms with van der Waals surface area (Å²) in [5, 5.41) is 11.1. The molecule has 1 aromatic carbocycles. The van der Waals surface area contributed by atoms with Gasteiger partial charge in [0, 0.05) is 37.9 Å². The number of rotatable bonds is 5. The molecular formula is C15H21N3O3. The Bertz CT molecular complexity index is 537. The number of anilines is 1. The number of hydrogen-bond donors (Lipinski definition) is 0. The van der Waals surface area contributed by atoms with Crippen molar-refractivity contribution in [2.24, 2.45) is 0 Å². The van der Waals surface area contributed by atoms with Crippen LogP contribution in [0.15, 0.2) is 18.2 Å². The standard InChI is InChI=1S/C15H21N3O3/c1-3-6-16-7-9-17(10-8-16)13-4-5-14(12(2)19)15(11-13)18(20)21/h4-5,11H,3,6-10H2,1-2H3. The number of carbonyl (C=O) groups is 1. The second-order valence-electron chi connectivity index (χ2n) is 5.34. The molecule has 1 fully saturated rings. The van der Waals surface area contributed by atoms with Gasteiger partial charge in [-0.3, -0.25) is 19.8 Å². The second-order valence-corrected chi connectivity index (χ2v) is 5.34. The molecule has 1 aliphatic heterocycles. The average Bonchev–Trinajstić information content (AvgIpc) is 2.47. The number of Topliss-reactive ketones (excluding diaryl/α,β-unsaturated/α-hetero) is 1. The Morgan fingerprint density at radius 1 is 1.29 bits per heavy atom. The number of carbonyl (C=O) groups excluding carboxylic acids is 1. The maximum Gasteiger partial charge on any atom is 0.282 e. The van der Waals surface area contributed by atoms with Crippen molar-refractivity contribution in [3.8, 4) is 0 Å². The first-order valence-electron chi connectivity index (χ1n) is 7.29. The van der Waals surface area contributed by atoms with Crippen LogP contribution in [-0.4, -0.2) is 48.3 Å². The minimum atomic E-state index is -0.479. The smallest absolute Gasteiger partial charge is 0.282 e. The molecule has 0 amide bonds. The second kappa shape index (κ2) is 6.67. The van der Waals surface area contributed by atoms with E-state index in [0.29, 0.717) is 0 Å². The highest BCUT2D eigenvalue weighted by Crippen LogP contribution is 2.26. The molecule has 0 aromatic heterocycles. The van der Waals surface area contributed by atoms with E-state index < -0.39 is 4.92 Å². The van der Waals surface area contributed by atoms with Crippen LogP contribution in [0.4, 0.5) is 11.4 Å². The predicted molar refractivity (Wildman–Crippen MR) is 82.0 cm³/mol. The van der Waals surface area contributed by atoms with Crippen LogP contribution in [0.2, 0.25) is 0 Å². The summed E-state index contributed by atoms with van der Waals surface area (Å²) in [5.74, 6) is -0.277. The van der Waals surface area contributed by atoms with Crippen LogP contribution in [0, 0.1) is 10.1 Å². The van der Waals surface area contributed by atoms with Gasteiger partial charge in [-0.05, 0) is 32.0 Å². The van der Waals surface area contributed by atoms with Crippen LogP contribution >= 0.6 is 0 Å². The minimum Gasteiger partial charge on any atom is -0.369 e. The van der Waals surface area contributed by atoms with E-state index in [2.05, 4.69) is 16.7 Å². The Kier molecular flexibility index (Phi) is 4.90. The van der Waals surface area contributed by atoms with Crippen molar-refractivity contribution >= 4 is 17.2 Å². The van der Waals surface area contributed by atoms with Gasteiger partial charge in [0.15, 0.2) is 5.78 Å².